The third-order valence-electron chi connectivity index (χ3n) is 3.73. The molecule has 1 aliphatic rings. The molecule has 4 heteroatoms. The maximum absolute atomic E-state index is 11.9. The van der Waals surface area contributed by atoms with Crippen molar-refractivity contribution in [2.24, 2.45) is 5.92 Å². The summed E-state index contributed by atoms with van der Waals surface area (Å²) in [4.78, 5) is 13.6. The van der Waals surface area contributed by atoms with Crippen LogP contribution in [0.4, 0.5) is 0 Å². The molecule has 0 radical (unpaired) electrons. The monoisotopic (exact) mass is 250 g/mol. The molecular weight excluding hydrogens is 228 g/mol. The molecular formula is C14H22N2O2. The van der Waals surface area contributed by atoms with Crippen LogP contribution in [0.3, 0.4) is 0 Å². The average Bonchev–Trinajstić information content (AvgIpc) is 2.90. The fraction of sp³-hybridized carbons (Fsp3) is 0.643. The van der Waals surface area contributed by atoms with Gasteiger partial charge in [0, 0.05) is 13.0 Å². The molecule has 4 nitrogen and oxygen atoms in total. The zero-order chi connectivity index (χ0) is 13.3. The summed E-state index contributed by atoms with van der Waals surface area (Å²) in [6, 6.07) is 3.87. The molecule has 1 heterocycles. The number of nitrogens with zero attached hydrogens (tertiary/aromatic N) is 1. The van der Waals surface area contributed by atoms with Gasteiger partial charge >= 0.3 is 0 Å². The predicted molar refractivity (Wildman–Crippen MR) is 70.2 cm³/mol. The van der Waals surface area contributed by atoms with Crippen LogP contribution < -0.4 is 5.32 Å². The predicted octanol–water partition coefficient (Wildman–Crippen LogP) is 1.97. The van der Waals surface area contributed by atoms with Gasteiger partial charge in [0.1, 0.15) is 11.5 Å². The topological polar surface area (TPSA) is 45.5 Å². The van der Waals surface area contributed by atoms with Crippen LogP contribution >= 0.6 is 0 Å². The van der Waals surface area contributed by atoms with Crippen LogP contribution in [0.5, 0.6) is 0 Å². The Morgan fingerprint density at radius 1 is 1.61 bits per heavy atom. The largest absolute Gasteiger partial charge is 0.464 e. The number of furan rings is 1. The third-order valence-corrected chi connectivity index (χ3v) is 3.73. The Kier molecular flexibility index (Phi) is 3.76. The van der Waals surface area contributed by atoms with Crippen molar-refractivity contribution in [3.8, 4) is 0 Å². The van der Waals surface area contributed by atoms with Crippen LogP contribution in [0.2, 0.25) is 0 Å². The lowest BCUT2D eigenvalue weighted by molar-refractivity contribution is -0.132. The molecule has 2 rings (SSSR count). The second-order valence-electron chi connectivity index (χ2n) is 5.33. The van der Waals surface area contributed by atoms with Gasteiger partial charge in [-0.2, -0.15) is 0 Å². The molecule has 1 aromatic heterocycles. The minimum Gasteiger partial charge on any atom is -0.464 e. The normalized spacial score (nSPS) is 23.8. The van der Waals surface area contributed by atoms with Crippen molar-refractivity contribution in [3.05, 3.63) is 23.7 Å². The molecule has 0 saturated heterocycles. The molecule has 1 saturated carbocycles. The number of likely N-dealkylation sites (N-methyl/N-ethyl adjacent to an activating group) is 2. The molecule has 0 bridgehead atoms. The van der Waals surface area contributed by atoms with E-state index in [2.05, 4.69) is 12.2 Å². The van der Waals surface area contributed by atoms with E-state index in [0.29, 0.717) is 12.5 Å². The Bertz CT molecular complexity index is 427. The van der Waals surface area contributed by atoms with Gasteiger partial charge in [0.05, 0.1) is 12.6 Å². The first-order chi connectivity index (χ1) is 8.52. The number of nitrogens with one attached hydrogen (secondary N) is 1. The standard InChI is InChI=1S/C14H22N2O2/c1-9-7-12(9)13-6-5-11(18-13)8-16(4)14(17)10(2)15-3/h5-6,9-10,12,15H,7-8H2,1-4H3. The van der Waals surface area contributed by atoms with Crippen LogP contribution in [0.1, 0.15) is 37.7 Å². The Morgan fingerprint density at radius 2 is 2.28 bits per heavy atom. The molecule has 3 unspecified atom stereocenters. The molecule has 0 aromatic carbocycles. The summed E-state index contributed by atoms with van der Waals surface area (Å²) in [5, 5.41) is 2.95. The lowest BCUT2D eigenvalue weighted by Gasteiger charge is -2.19. The SMILES string of the molecule is CNC(C)C(=O)N(C)Cc1ccc(C2CC2C)o1. The van der Waals surface area contributed by atoms with Gasteiger partial charge in [-0.15, -0.1) is 0 Å². The molecule has 0 aliphatic heterocycles. The number of carbonyl (C=O) groups is 1. The van der Waals surface area contributed by atoms with E-state index in [4.69, 9.17) is 4.42 Å². The minimum absolute atomic E-state index is 0.0789. The third kappa shape index (κ3) is 2.75. The zero-order valence-electron chi connectivity index (χ0n) is 11.6. The minimum atomic E-state index is -0.159. The second-order valence-corrected chi connectivity index (χ2v) is 5.33. The van der Waals surface area contributed by atoms with Crippen molar-refractivity contribution in [2.75, 3.05) is 14.1 Å². The van der Waals surface area contributed by atoms with Crippen LogP contribution in [-0.2, 0) is 11.3 Å². The van der Waals surface area contributed by atoms with E-state index >= 15 is 0 Å². The zero-order valence-corrected chi connectivity index (χ0v) is 11.6. The summed E-state index contributed by atoms with van der Waals surface area (Å²) in [5.74, 6) is 3.35. The molecule has 1 aromatic rings. The molecule has 18 heavy (non-hydrogen) atoms. The Labute approximate surface area is 108 Å². The summed E-state index contributed by atoms with van der Waals surface area (Å²) in [7, 11) is 3.59. The highest BCUT2D eigenvalue weighted by molar-refractivity contribution is 5.81. The maximum atomic E-state index is 11.9. The van der Waals surface area contributed by atoms with E-state index in [0.717, 1.165) is 17.4 Å². The van der Waals surface area contributed by atoms with Crippen molar-refractivity contribution >= 4 is 5.91 Å². The summed E-state index contributed by atoms with van der Waals surface area (Å²) < 4.78 is 5.80. The highest BCUT2D eigenvalue weighted by Crippen LogP contribution is 2.47. The highest BCUT2D eigenvalue weighted by Gasteiger charge is 2.36. The number of carbonyl (C=O) groups excluding carboxylic acids is 1. The van der Waals surface area contributed by atoms with Crippen molar-refractivity contribution in [3.63, 3.8) is 0 Å². The number of rotatable bonds is 5. The highest BCUT2D eigenvalue weighted by atomic mass is 16.3. The van der Waals surface area contributed by atoms with E-state index in [9.17, 15) is 4.79 Å². The Morgan fingerprint density at radius 3 is 2.83 bits per heavy atom. The molecule has 1 fully saturated rings. The van der Waals surface area contributed by atoms with Gasteiger partial charge in [-0.1, -0.05) is 6.92 Å². The van der Waals surface area contributed by atoms with Gasteiger partial charge in [0.15, 0.2) is 0 Å². The van der Waals surface area contributed by atoms with Gasteiger partial charge in [0.2, 0.25) is 5.91 Å². The van der Waals surface area contributed by atoms with E-state index in [1.807, 2.05) is 19.1 Å². The Balaban J connectivity index is 1.92. The fourth-order valence-corrected chi connectivity index (χ4v) is 2.16. The summed E-state index contributed by atoms with van der Waals surface area (Å²) in [6.45, 7) is 4.63. The van der Waals surface area contributed by atoms with Gasteiger partial charge < -0.3 is 14.6 Å². The second kappa shape index (κ2) is 5.14. The van der Waals surface area contributed by atoms with Crippen LogP contribution in [0, 0.1) is 5.92 Å². The van der Waals surface area contributed by atoms with Gasteiger partial charge in [-0.3, -0.25) is 4.79 Å². The summed E-state index contributed by atoms with van der Waals surface area (Å²) in [5.41, 5.74) is 0. The Hall–Kier alpha value is -1.29. The lowest BCUT2D eigenvalue weighted by Crippen LogP contribution is -2.41. The van der Waals surface area contributed by atoms with Gasteiger partial charge in [-0.25, -0.2) is 0 Å². The van der Waals surface area contributed by atoms with Crippen molar-refractivity contribution in [2.45, 2.75) is 38.8 Å². The molecule has 1 aliphatic carbocycles. The molecule has 100 valence electrons. The van der Waals surface area contributed by atoms with Crippen LogP contribution in [0.15, 0.2) is 16.5 Å². The molecule has 1 N–H and O–H groups in total. The lowest BCUT2D eigenvalue weighted by atomic mass is 10.2. The maximum Gasteiger partial charge on any atom is 0.239 e. The van der Waals surface area contributed by atoms with Gasteiger partial charge in [-0.05, 0) is 38.4 Å². The molecule has 3 atom stereocenters. The van der Waals surface area contributed by atoms with Crippen molar-refractivity contribution in [1.29, 1.82) is 0 Å². The smallest absolute Gasteiger partial charge is 0.239 e. The van der Waals surface area contributed by atoms with E-state index < -0.39 is 0 Å². The van der Waals surface area contributed by atoms with Crippen LogP contribution in [-0.4, -0.2) is 30.9 Å². The number of hydrogen-bond donors (Lipinski definition) is 1. The molecule has 1 amide bonds. The van der Waals surface area contributed by atoms with E-state index in [1.54, 1.807) is 19.0 Å². The quantitative estimate of drug-likeness (QED) is 0.869. The number of amides is 1. The van der Waals surface area contributed by atoms with Crippen LogP contribution in [0.25, 0.3) is 0 Å². The first-order valence-corrected chi connectivity index (χ1v) is 6.53. The van der Waals surface area contributed by atoms with E-state index in [-0.39, 0.29) is 11.9 Å². The van der Waals surface area contributed by atoms with Crippen molar-refractivity contribution in [1.82, 2.24) is 10.2 Å². The fourth-order valence-electron chi connectivity index (χ4n) is 2.16. The molecule has 0 spiro atoms. The van der Waals surface area contributed by atoms with Crippen molar-refractivity contribution < 1.29 is 9.21 Å². The van der Waals surface area contributed by atoms with Gasteiger partial charge in [0.25, 0.3) is 0 Å². The summed E-state index contributed by atoms with van der Waals surface area (Å²) in [6.07, 6.45) is 1.22. The first-order valence-electron chi connectivity index (χ1n) is 6.53. The number of hydrogen-bond acceptors (Lipinski definition) is 3. The average molecular weight is 250 g/mol. The van der Waals surface area contributed by atoms with E-state index in [1.165, 1.54) is 6.42 Å². The summed E-state index contributed by atoms with van der Waals surface area (Å²) >= 11 is 0. The first kappa shape index (κ1) is 13.1.